The van der Waals surface area contributed by atoms with Gasteiger partial charge in [-0.2, -0.15) is 0 Å². The topological polar surface area (TPSA) is 60.9 Å². The van der Waals surface area contributed by atoms with Crippen LogP contribution in [0, 0.1) is 12.8 Å². The third kappa shape index (κ3) is 3.54. The van der Waals surface area contributed by atoms with E-state index in [1.807, 2.05) is 13.1 Å². The first kappa shape index (κ1) is 12.6. The zero-order valence-electron chi connectivity index (χ0n) is 10.8. The van der Waals surface area contributed by atoms with Gasteiger partial charge in [-0.15, -0.1) is 0 Å². The molecule has 17 heavy (non-hydrogen) atoms. The van der Waals surface area contributed by atoms with Crippen LogP contribution >= 0.6 is 0 Å². The summed E-state index contributed by atoms with van der Waals surface area (Å²) in [5.74, 6) is 1.71. The maximum Gasteiger partial charge on any atom is 0.103 e. The van der Waals surface area contributed by atoms with Crippen LogP contribution in [0.2, 0.25) is 0 Å². The first-order valence-corrected chi connectivity index (χ1v) is 6.51. The van der Waals surface area contributed by atoms with Crippen LogP contribution in [0.25, 0.3) is 0 Å². The van der Waals surface area contributed by atoms with E-state index in [-0.39, 0.29) is 0 Å². The lowest BCUT2D eigenvalue weighted by Crippen LogP contribution is -2.43. The van der Waals surface area contributed by atoms with E-state index in [0.29, 0.717) is 6.54 Å². The van der Waals surface area contributed by atoms with Crippen LogP contribution in [0.3, 0.4) is 0 Å². The molecule has 3 N–H and O–H groups in total. The third-order valence-electron chi connectivity index (χ3n) is 3.73. The van der Waals surface area contributed by atoms with Crippen molar-refractivity contribution in [2.75, 3.05) is 6.54 Å². The van der Waals surface area contributed by atoms with Gasteiger partial charge in [-0.25, -0.2) is 4.98 Å². The van der Waals surface area contributed by atoms with Crippen LogP contribution in [0.15, 0.2) is 6.20 Å². The normalized spacial score (nSPS) is 29.5. The molecule has 2 rings (SSSR count). The van der Waals surface area contributed by atoms with Gasteiger partial charge in [-0.3, -0.25) is 0 Å². The molecule has 1 aliphatic carbocycles. The lowest BCUT2D eigenvalue weighted by Gasteiger charge is -2.35. The smallest absolute Gasteiger partial charge is 0.103 e. The van der Waals surface area contributed by atoms with Crippen molar-refractivity contribution in [3.05, 3.63) is 17.7 Å². The highest BCUT2D eigenvalue weighted by molar-refractivity contribution is 4.99. The average Bonchev–Trinajstić information content (AvgIpc) is 2.69. The lowest BCUT2D eigenvalue weighted by atomic mass is 9.79. The van der Waals surface area contributed by atoms with Crippen LogP contribution in [0.4, 0.5) is 0 Å². The van der Waals surface area contributed by atoms with Crippen LogP contribution in [-0.4, -0.2) is 27.2 Å². The van der Waals surface area contributed by atoms with Crippen LogP contribution in [0.5, 0.6) is 0 Å². The number of nitrogens with one attached hydrogen (secondary N) is 2. The highest BCUT2D eigenvalue weighted by Crippen LogP contribution is 2.31. The summed E-state index contributed by atoms with van der Waals surface area (Å²) in [6.07, 6.45) is 5.96. The van der Waals surface area contributed by atoms with Crippen LogP contribution < -0.4 is 5.32 Å². The average molecular weight is 237 g/mol. The molecule has 0 saturated heterocycles. The number of imidazole rings is 1. The number of nitrogens with zero attached hydrogens (tertiary/aromatic N) is 1. The third-order valence-corrected chi connectivity index (χ3v) is 3.73. The second-order valence-corrected chi connectivity index (χ2v) is 5.50. The molecule has 0 atom stereocenters. The molecule has 96 valence electrons. The SMILES string of the molecule is Cc1ncc(CNCC2(O)CCC(C)CC2)[nH]1. The Labute approximate surface area is 103 Å². The second kappa shape index (κ2) is 5.19. The fourth-order valence-corrected chi connectivity index (χ4v) is 2.47. The molecular formula is C13H23N3O. The van der Waals surface area contributed by atoms with E-state index in [9.17, 15) is 5.11 Å². The Bertz CT molecular complexity index is 353. The van der Waals surface area contributed by atoms with Crippen molar-refractivity contribution in [3.8, 4) is 0 Å². The Hall–Kier alpha value is -0.870. The molecule has 0 bridgehead atoms. The van der Waals surface area contributed by atoms with Crippen molar-refractivity contribution in [1.82, 2.24) is 15.3 Å². The van der Waals surface area contributed by atoms with Crippen molar-refractivity contribution in [3.63, 3.8) is 0 Å². The number of aryl methyl sites for hydroxylation is 1. The molecule has 1 saturated carbocycles. The molecule has 0 unspecified atom stereocenters. The standard InChI is InChI=1S/C13H23N3O/c1-10-3-5-13(17,6-4-10)9-14-7-12-8-15-11(2)16-12/h8,10,14,17H,3-7,9H2,1-2H3,(H,15,16). The Morgan fingerprint density at radius 1 is 1.53 bits per heavy atom. The molecule has 4 heteroatoms. The molecule has 0 amide bonds. The molecule has 4 nitrogen and oxygen atoms in total. The summed E-state index contributed by atoms with van der Waals surface area (Å²) in [6.45, 7) is 5.64. The molecule has 1 aromatic heterocycles. The molecule has 0 radical (unpaired) electrons. The molecule has 1 aromatic rings. The van der Waals surface area contributed by atoms with Gasteiger partial charge in [0.2, 0.25) is 0 Å². The maximum absolute atomic E-state index is 10.4. The lowest BCUT2D eigenvalue weighted by molar-refractivity contribution is -0.00634. The number of hydrogen-bond donors (Lipinski definition) is 3. The van der Waals surface area contributed by atoms with Crippen LogP contribution in [0.1, 0.15) is 44.1 Å². The zero-order valence-corrected chi connectivity index (χ0v) is 10.8. The molecule has 1 heterocycles. The predicted octanol–water partition coefficient (Wildman–Crippen LogP) is 1.75. The predicted molar refractivity (Wildman–Crippen MR) is 67.6 cm³/mol. The number of rotatable bonds is 4. The maximum atomic E-state index is 10.4. The number of H-pyrrole nitrogens is 1. The van der Waals surface area contributed by atoms with Gasteiger partial charge in [-0.05, 0) is 38.5 Å². The van der Waals surface area contributed by atoms with Crippen LogP contribution in [-0.2, 0) is 6.54 Å². The van der Waals surface area contributed by atoms with Gasteiger partial charge in [-0.1, -0.05) is 6.92 Å². The molecule has 0 aliphatic heterocycles. The van der Waals surface area contributed by atoms with E-state index < -0.39 is 5.60 Å². The van der Waals surface area contributed by atoms with E-state index >= 15 is 0 Å². The minimum Gasteiger partial charge on any atom is -0.389 e. The highest BCUT2D eigenvalue weighted by atomic mass is 16.3. The Morgan fingerprint density at radius 3 is 2.82 bits per heavy atom. The van der Waals surface area contributed by atoms with E-state index in [2.05, 4.69) is 22.2 Å². The monoisotopic (exact) mass is 237 g/mol. The van der Waals surface area contributed by atoms with Gasteiger partial charge >= 0.3 is 0 Å². The second-order valence-electron chi connectivity index (χ2n) is 5.50. The van der Waals surface area contributed by atoms with E-state index in [1.54, 1.807) is 0 Å². The van der Waals surface area contributed by atoms with Crippen molar-refractivity contribution < 1.29 is 5.11 Å². The van der Waals surface area contributed by atoms with Gasteiger partial charge in [0.1, 0.15) is 5.82 Å². The van der Waals surface area contributed by atoms with Gasteiger partial charge in [0.05, 0.1) is 5.60 Å². The van der Waals surface area contributed by atoms with E-state index in [4.69, 9.17) is 0 Å². The van der Waals surface area contributed by atoms with Gasteiger partial charge < -0.3 is 15.4 Å². The Kier molecular flexibility index (Phi) is 3.84. The fourth-order valence-electron chi connectivity index (χ4n) is 2.47. The van der Waals surface area contributed by atoms with Crippen molar-refractivity contribution in [1.29, 1.82) is 0 Å². The molecular weight excluding hydrogens is 214 g/mol. The Morgan fingerprint density at radius 2 is 2.24 bits per heavy atom. The quantitative estimate of drug-likeness (QED) is 0.747. The van der Waals surface area contributed by atoms with Crippen molar-refractivity contribution in [2.45, 2.75) is 51.7 Å². The Balaban J connectivity index is 1.74. The van der Waals surface area contributed by atoms with E-state index in [0.717, 1.165) is 49.7 Å². The number of aliphatic hydroxyl groups is 1. The number of aromatic nitrogens is 2. The summed E-state index contributed by atoms with van der Waals surface area (Å²) in [5.41, 5.74) is 0.581. The summed E-state index contributed by atoms with van der Waals surface area (Å²) in [4.78, 5) is 7.33. The van der Waals surface area contributed by atoms with Gasteiger partial charge in [0, 0.05) is 25.0 Å². The van der Waals surface area contributed by atoms with Crippen molar-refractivity contribution in [2.24, 2.45) is 5.92 Å². The van der Waals surface area contributed by atoms with Gasteiger partial charge in [0.25, 0.3) is 0 Å². The molecule has 1 fully saturated rings. The first-order valence-electron chi connectivity index (χ1n) is 6.51. The highest BCUT2D eigenvalue weighted by Gasteiger charge is 2.31. The zero-order chi connectivity index (χ0) is 12.3. The summed E-state index contributed by atoms with van der Waals surface area (Å²) < 4.78 is 0. The largest absolute Gasteiger partial charge is 0.389 e. The van der Waals surface area contributed by atoms with E-state index in [1.165, 1.54) is 0 Å². The summed E-state index contributed by atoms with van der Waals surface area (Å²) in [7, 11) is 0. The molecule has 0 spiro atoms. The van der Waals surface area contributed by atoms with Gasteiger partial charge in [0.15, 0.2) is 0 Å². The summed E-state index contributed by atoms with van der Waals surface area (Å²) in [5, 5.41) is 13.7. The first-order chi connectivity index (χ1) is 8.07. The fraction of sp³-hybridized carbons (Fsp3) is 0.769. The minimum absolute atomic E-state index is 0.498. The summed E-state index contributed by atoms with van der Waals surface area (Å²) in [6, 6.07) is 0. The molecule has 0 aromatic carbocycles. The number of hydrogen-bond acceptors (Lipinski definition) is 3. The summed E-state index contributed by atoms with van der Waals surface area (Å²) >= 11 is 0. The van der Waals surface area contributed by atoms with Crippen molar-refractivity contribution >= 4 is 0 Å². The minimum atomic E-state index is -0.498. The molecule has 1 aliphatic rings. The number of aromatic amines is 1.